The van der Waals surface area contributed by atoms with Gasteiger partial charge in [-0.05, 0) is 18.6 Å². The normalized spacial score (nSPS) is 25.0. The van der Waals surface area contributed by atoms with Gasteiger partial charge in [0.1, 0.15) is 17.5 Å². The summed E-state index contributed by atoms with van der Waals surface area (Å²) < 4.78 is 17.9. The molecule has 5 rings (SSSR count). The summed E-state index contributed by atoms with van der Waals surface area (Å²) in [5, 5.41) is 0. The Hall–Kier alpha value is -2.67. The summed E-state index contributed by atoms with van der Waals surface area (Å²) in [7, 11) is 0. The molecule has 1 amide bonds. The number of benzene rings is 1. The Balaban J connectivity index is 1.18. The second-order valence-electron chi connectivity index (χ2n) is 7.88. The topological polar surface area (TPSA) is 73.8 Å². The van der Waals surface area contributed by atoms with Crippen LogP contribution in [0.5, 0.6) is 11.6 Å². The average Bonchev–Trinajstić information content (AvgIpc) is 3.10. The van der Waals surface area contributed by atoms with E-state index < -0.39 is 6.10 Å². The van der Waals surface area contributed by atoms with Crippen LogP contribution in [0.1, 0.15) is 24.1 Å². The molecule has 2 fully saturated rings. The number of para-hydroxylation sites is 1. The zero-order valence-electron chi connectivity index (χ0n) is 15.8. The lowest BCUT2D eigenvalue weighted by atomic mass is 9.84. The SMILES string of the molecule is Cc1cncc(OC2CCOC3(C2)CN(C(=O)C2Cc4ccccc4O2)C3)n1. The number of likely N-dealkylation sites (tertiary alicyclic amines) is 1. The van der Waals surface area contributed by atoms with Crippen molar-refractivity contribution in [2.24, 2.45) is 0 Å². The first kappa shape index (κ1) is 17.4. The highest BCUT2D eigenvalue weighted by molar-refractivity contribution is 5.83. The summed E-state index contributed by atoms with van der Waals surface area (Å²) in [4.78, 5) is 23.2. The van der Waals surface area contributed by atoms with Gasteiger partial charge < -0.3 is 19.1 Å². The van der Waals surface area contributed by atoms with Crippen LogP contribution in [-0.4, -0.2) is 58.3 Å². The Morgan fingerprint density at radius 3 is 2.96 bits per heavy atom. The average molecular weight is 381 g/mol. The zero-order chi connectivity index (χ0) is 19.1. The third-order valence-corrected chi connectivity index (χ3v) is 5.66. The molecule has 0 saturated carbocycles. The van der Waals surface area contributed by atoms with E-state index in [0.717, 1.165) is 29.8 Å². The molecule has 1 aromatic heterocycles. The molecule has 7 nitrogen and oxygen atoms in total. The molecule has 0 radical (unpaired) electrons. The number of carbonyl (C=O) groups is 1. The second kappa shape index (κ2) is 6.74. The van der Waals surface area contributed by atoms with Gasteiger partial charge in [0.15, 0.2) is 6.10 Å². The Morgan fingerprint density at radius 2 is 2.14 bits per heavy atom. The molecule has 28 heavy (non-hydrogen) atoms. The Kier molecular flexibility index (Phi) is 4.19. The lowest BCUT2D eigenvalue weighted by Gasteiger charge is -2.53. The first-order valence-corrected chi connectivity index (χ1v) is 9.73. The van der Waals surface area contributed by atoms with Crippen molar-refractivity contribution in [2.45, 2.75) is 44.0 Å². The number of aryl methyl sites for hydroxylation is 1. The molecule has 7 heteroatoms. The molecule has 1 spiro atoms. The number of hydrogen-bond donors (Lipinski definition) is 0. The van der Waals surface area contributed by atoms with Crippen LogP contribution in [-0.2, 0) is 16.0 Å². The highest BCUT2D eigenvalue weighted by Gasteiger charge is 2.51. The van der Waals surface area contributed by atoms with Crippen LogP contribution in [0.2, 0.25) is 0 Å². The quantitative estimate of drug-likeness (QED) is 0.809. The number of ether oxygens (including phenoxy) is 3. The minimum absolute atomic E-state index is 0.0223. The molecular formula is C21H23N3O4. The summed E-state index contributed by atoms with van der Waals surface area (Å²) >= 11 is 0. The van der Waals surface area contributed by atoms with Crippen molar-refractivity contribution < 1.29 is 19.0 Å². The van der Waals surface area contributed by atoms with Crippen LogP contribution in [0.25, 0.3) is 0 Å². The first-order valence-electron chi connectivity index (χ1n) is 9.73. The molecule has 0 aliphatic carbocycles. The number of nitrogens with zero attached hydrogens (tertiary/aromatic N) is 3. The molecule has 3 aliphatic heterocycles. The molecule has 2 saturated heterocycles. The first-order chi connectivity index (χ1) is 13.6. The van der Waals surface area contributed by atoms with Crippen LogP contribution in [0.3, 0.4) is 0 Å². The predicted octanol–water partition coefficient (Wildman–Crippen LogP) is 1.93. The summed E-state index contributed by atoms with van der Waals surface area (Å²) in [5.41, 5.74) is 1.61. The maximum atomic E-state index is 12.8. The maximum absolute atomic E-state index is 12.8. The van der Waals surface area contributed by atoms with E-state index in [0.29, 0.717) is 32.0 Å². The molecule has 3 aliphatic rings. The Bertz CT molecular complexity index is 872. The lowest BCUT2D eigenvalue weighted by Crippen LogP contribution is -2.69. The van der Waals surface area contributed by atoms with Gasteiger partial charge in [-0.25, -0.2) is 4.98 Å². The van der Waals surface area contributed by atoms with E-state index >= 15 is 0 Å². The maximum Gasteiger partial charge on any atom is 0.264 e. The highest BCUT2D eigenvalue weighted by Crippen LogP contribution is 2.37. The van der Waals surface area contributed by atoms with Gasteiger partial charge in [0.25, 0.3) is 5.91 Å². The molecule has 2 atom stereocenters. The van der Waals surface area contributed by atoms with Crippen molar-refractivity contribution >= 4 is 5.91 Å². The molecule has 4 heterocycles. The van der Waals surface area contributed by atoms with Crippen LogP contribution >= 0.6 is 0 Å². The molecule has 1 aromatic carbocycles. The van der Waals surface area contributed by atoms with Crippen molar-refractivity contribution in [2.75, 3.05) is 19.7 Å². The van der Waals surface area contributed by atoms with Gasteiger partial charge in [-0.1, -0.05) is 18.2 Å². The van der Waals surface area contributed by atoms with Gasteiger partial charge in [0.2, 0.25) is 5.88 Å². The van der Waals surface area contributed by atoms with Crippen LogP contribution in [0.15, 0.2) is 36.7 Å². The third-order valence-electron chi connectivity index (χ3n) is 5.66. The van der Waals surface area contributed by atoms with Gasteiger partial charge in [-0.3, -0.25) is 9.78 Å². The van der Waals surface area contributed by atoms with Gasteiger partial charge in [-0.2, -0.15) is 0 Å². The third kappa shape index (κ3) is 3.20. The summed E-state index contributed by atoms with van der Waals surface area (Å²) in [5.74, 6) is 1.40. The number of hydrogen-bond acceptors (Lipinski definition) is 6. The summed E-state index contributed by atoms with van der Waals surface area (Å²) in [6, 6.07) is 7.84. The lowest BCUT2D eigenvalue weighted by molar-refractivity contribution is -0.196. The number of aromatic nitrogens is 2. The summed E-state index contributed by atoms with van der Waals surface area (Å²) in [6.45, 7) is 3.68. The van der Waals surface area contributed by atoms with Gasteiger partial charge in [0, 0.05) is 25.5 Å². The Labute approximate surface area is 163 Å². The van der Waals surface area contributed by atoms with Crippen molar-refractivity contribution in [3.05, 3.63) is 47.9 Å². The van der Waals surface area contributed by atoms with E-state index in [4.69, 9.17) is 14.2 Å². The smallest absolute Gasteiger partial charge is 0.264 e. The standard InChI is InChI=1S/C21H23N3O4/c1-14-10-22-11-19(23-14)27-16-6-7-26-21(9-16)12-24(13-21)20(25)18-8-15-4-2-3-5-17(15)28-18/h2-5,10-11,16,18H,6-9,12-13H2,1H3. The molecule has 0 N–H and O–H groups in total. The minimum Gasteiger partial charge on any atom is -0.480 e. The van der Waals surface area contributed by atoms with Crippen LogP contribution in [0, 0.1) is 6.92 Å². The monoisotopic (exact) mass is 381 g/mol. The molecule has 0 bridgehead atoms. The summed E-state index contributed by atoms with van der Waals surface area (Å²) in [6.07, 6.45) is 5.14. The number of amides is 1. The fourth-order valence-corrected chi connectivity index (χ4v) is 4.30. The van der Waals surface area contributed by atoms with Crippen LogP contribution < -0.4 is 9.47 Å². The number of rotatable bonds is 3. The van der Waals surface area contributed by atoms with Crippen LogP contribution in [0.4, 0.5) is 0 Å². The number of carbonyl (C=O) groups excluding carboxylic acids is 1. The van der Waals surface area contributed by atoms with Crippen molar-refractivity contribution in [3.8, 4) is 11.6 Å². The zero-order valence-corrected chi connectivity index (χ0v) is 15.8. The van der Waals surface area contributed by atoms with Gasteiger partial charge >= 0.3 is 0 Å². The highest BCUT2D eigenvalue weighted by atomic mass is 16.5. The molecule has 2 aromatic rings. The van der Waals surface area contributed by atoms with E-state index in [-0.39, 0.29) is 17.6 Å². The molecule has 2 unspecified atom stereocenters. The van der Waals surface area contributed by atoms with E-state index in [1.165, 1.54) is 0 Å². The molecule has 146 valence electrons. The van der Waals surface area contributed by atoms with Crippen molar-refractivity contribution in [1.82, 2.24) is 14.9 Å². The minimum atomic E-state index is -0.423. The largest absolute Gasteiger partial charge is 0.480 e. The van der Waals surface area contributed by atoms with Crippen molar-refractivity contribution in [3.63, 3.8) is 0 Å². The van der Waals surface area contributed by atoms with E-state index in [9.17, 15) is 4.79 Å². The van der Waals surface area contributed by atoms with E-state index in [1.807, 2.05) is 36.1 Å². The second-order valence-corrected chi connectivity index (χ2v) is 7.88. The number of fused-ring (bicyclic) bond motifs is 1. The van der Waals surface area contributed by atoms with Gasteiger partial charge in [-0.15, -0.1) is 0 Å². The Morgan fingerprint density at radius 1 is 1.29 bits per heavy atom. The van der Waals surface area contributed by atoms with Gasteiger partial charge in [0.05, 0.1) is 31.6 Å². The molecular weight excluding hydrogens is 358 g/mol. The fourth-order valence-electron chi connectivity index (χ4n) is 4.30. The fraction of sp³-hybridized carbons (Fsp3) is 0.476. The van der Waals surface area contributed by atoms with E-state index in [2.05, 4.69) is 9.97 Å². The predicted molar refractivity (Wildman–Crippen MR) is 100 cm³/mol. The van der Waals surface area contributed by atoms with Crippen molar-refractivity contribution in [1.29, 1.82) is 0 Å². The van der Waals surface area contributed by atoms with E-state index in [1.54, 1.807) is 12.4 Å².